The molecule has 4 nitrogen and oxygen atoms in total. The number of likely N-dealkylation sites (tertiary alicyclic amines) is 1. The Morgan fingerprint density at radius 1 is 1.41 bits per heavy atom. The van der Waals surface area contributed by atoms with Crippen molar-refractivity contribution in [1.29, 1.82) is 5.26 Å². The highest BCUT2D eigenvalue weighted by molar-refractivity contribution is 8.02. The van der Waals surface area contributed by atoms with Crippen LogP contribution < -0.4 is 0 Å². The minimum absolute atomic E-state index is 0.00615. The summed E-state index contributed by atoms with van der Waals surface area (Å²) in [5.41, 5.74) is 1.16. The van der Waals surface area contributed by atoms with Gasteiger partial charge in [-0.15, -0.1) is 23.5 Å². The molecule has 0 N–H and O–H groups in total. The first-order valence-corrected chi connectivity index (χ1v) is 10.7. The molecule has 0 bridgehead atoms. The zero-order valence-corrected chi connectivity index (χ0v) is 16.6. The molecule has 1 saturated heterocycles. The highest BCUT2D eigenvalue weighted by atomic mass is 32.2. The summed E-state index contributed by atoms with van der Waals surface area (Å²) in [7, 11) is 0. The number of hydrogen-bond donors (Lipinski definition) is 0. The summed E-state index contributed by atoms with van der Waals surface area (Å²) in [5.74, 6) is -2.38. The van der Waals surface area contributed by atoms with Gasteiger partial charge < -0.3 is 9.80 Å². The SMILES string of the molecule is CCSc1ccc(C[C@@H]2SC=CN2CC(=O)N2CC(F)(F)CC2C#N)cc1. The molecule has 1 amide bonds. The molecule has 2 aliphatic rings. The summed E-state index contributed by atoms with van der Waals surface area (Å²) in [5, 5.41) is 11.0. The molecule has 1 fully saturated rings. The van der Waals surface area contributed by atoms with Gasteiger partial charge in [0.1, 0.15) is 6.04 Å². The molecule has 3 rings (SSSR count). The predicted octanol–water partition coefficient (Wildman–Crippen LogP) is 3.95. The molecule has 0 aliphatic carbocycles. The Kier molecular flexibility index (Phi) is 6.33. The number of carbonyl (C=O) groups excluding carboxylic acids is 1. The lowest BCUT2D eigenvalue weighted by molar-refractivity contribution is -0.133. The van der Waals surface area contributed by atoms with Gasteiger partial charge in [-0.05, 0) is 28.9 Å². The molecule has 144 valence electrons. The molecule has 0 saturated carbocycles. The number of rotatable bonds is 6. The molecule has 2 heterocycles. The molecule has 1 aromatic rings. The number of alkyl halides is 2. The first-order valence-electron chi connectivity index (χ1n) is 8.78. The van der Waals surface area contributed by atoms with Crippen molar-refractivity contribution in [2.45, 2.75) is 42.0 Å². The lowest BCUT2D eigenvalue weighted by Crippen LogP contribution is -2.43. The molecule has 1 aromatic carbocycles. The van der Waals surface area contributed by atoms with Crippen molar-refractivity contribution < 1.29 is 13.6 Å². The van der Waals surface area contributed by atoms with E-state index in [1.165, 1.54) is 4.90 Å². The molecule has 0 aromatic heterocycles. The highest BCUT2D eigenvalue weighted by Crippen LogP contribution is 2.33. The second-order valence-corrected chi connectivity index (χ2v) is 8.98. The van der Waals surface area contributed by atoms with E-state index in [4.69, 9.17) is 5.26 Å². The van der Waals surface area contributed by atoms with Gasteiger partial charge in [-0.2, -0.15) is 5.26 Å². The van der Waals surface area contributed by atoms with Crippen LogP contribution in [0.3, 0.4) is 0 Å². The van der Waals surface area contributed by atoms with E-state index in [1.54, 1.807) is 23.5 Å². The smallest absolute Gasteiger partial charge is 0.268 e. The number of halogens is 2. The maximum Gasteiger partial charge on any atom is 0.268 e. The monoisotopic (exact) mass is 409 g/mol. The fourth-order valence-electron chi connectivity index (χ4n) is 3.23. The van der Waals surface area contributed by atoms with Crippen LogP contribution in [0.15, 0.2) is 40.8 Å². The van der Waals surface area contributed by atoms with Gasteiger partial charge in [0, 0.05) is 23.9 Å². The Labute approximate surface area is 166 Å². The first-order chi connectivity index (χ1) is 12.9. The first kappa shape index (κ1) is 20.0. The molecular formula is C19H21F2N3OS2. The Bertz CT molecular complexity index is 748. The maximum atomic E-state index is 13.6. The molecular weight excluding hydrogens is 388 g/mol. The van der Waals surface area contributed by atoms with E-state index in [0.717, 1.165) is 22.6 Å². The summed E-state index contributed by atoms with van der Waals surface area (Å²) in [6.45, 7) is 1.45. The van der Waals surface area contributed by atoms with E-state index in [2.05, 4.69) is 31.2 Å². The van der Waals surface area contributed by atoms with Gasteiger partial charge in [0.25, 0.3) is 5.92 Å². The Morgan fingerprint density at radius 3 is 2.81 bits per heavy atom. The van der Waals surface area contributed by atoms with Gasteiger partial charge in [0.15, 0.2) is 0 Å². The number of carbonyl (C=O) groups is 1. The summed E-state index contributed by atoms with van der Waals surface area (Å²) in [6, 6.07) is 9.14. The largest absolute Gasteiger partial charge is 0.355 e. The van der Waals surface area contributed by atoms with E-state index >= 15 is 0 Å². The van der Waals surface area contributed by atoms with Crippen LogP contribution in [0, 0.1) is 11.3 Å². The van der Waals surface area contributed by atoms with Crippen molar-refractivity contribution in [3.8, 4) is 6.07 Å². The highest BCUT2D eigenvalue weighted by Gasteiger charge is 2.47. The van der Waals surface area contributed by atoms with E-state index < -0.39 is 30.8 Å². The van der Waals surface area contributed by atoms with Crippen LogP contribution in [0.25, 0.3) is 0 Å². The predicted molar refractivity (Wildman–Crippen MR) is 104 cm³/mol. The van der Waals surface area contributed by atoms with E-state index in [-0.39, 0.29) is 11.9 Å². The van der Waals surface area contributed by atoms with Crippen molar-refractivity contribution in [2.24, 2.45) is 0 Å². The standard InChI is InChI=1S/C19H21F2N3OS2/c1-2-26-16-5-3-14(4-6-16)9-18-23(7-8-27-18)12-17(25)24-13-19(20,21)10-15(24)11-22/h3-8,15,18H,2,9-10,12-13H2,1H3/t15?,18-/m0/s1. The third-order valence-electron chi connectivity index (χ3n) is 4.56. The normalized spacial score (nSPS) is 23.6. The number of nitriles is 1. The quantitative estimate of drug-likeness (QED) is 0.666. The van der Waals surface area contributed by atoms with Gasteiger partial charge in [-0.3, -0.25) is 4.79 Å². The lowest BCUT2D eigenvalue weighted by atomic mass is 10.1. The number of nitrogens with zero attached hydrogens (tertiary/aromatic N) is 3. The second-order valence-electron chi connectivity index (χ2n) is 6.56. The molecule has 8 heteroatoms. The molecule has 2 aliphatic heterocycles. The lowest BCUT2D eigenvalue weighted by Gasteiger charge is -2.27. The zero-order valence-electron chi connectivity index (χ0n) is 15.0. The number of amides is 1. The van der Waals surface area contributed by atoms with Gasteiger partial charge in [0.2, 0.25) is 5.91 Å². The van der Waals surface area contributed by atoms with E-state index in [1.807, 2.05) is 22.6 Å². The number of thioether (sulfide) groups is 2. The average Bonchev–Trinajstić information content (AvgIpc) is 3.20. The fourth-order valence-corrected chi connectivity index (χ4v) is 4.89. The number of hydrogen-bond acceptors (Lipinski definition) is 5. The van der Waals surface area contributed by atoms with Crippen molar-refractivity contribution in [1.82, 2.24) is 9.80 Å². The molecule has 0 radical (unpaired) electrons. The van der Waals surface area contributed by atoms with Crippen molar-refractivity contribution in [2.75, 3.05) is 18.8 Å². The van der Waals surface area contributed by atoms with Crippen molar-refractivity contribution in [3.63, 3.8) is 0 Å². The van der Waals surface area contributed by atoms with Gasteiger partial charge in [0.05, 0.1) is 24.5 Å². The minimum Gasteiger partial charge on any atom is -0.355 e. The number of benzene rings is 1. The van der Waals surface area contributed by atoms with E-state index in [9.17, 15) is 13.6 Å². The Hall–Kier alpha value is -1.72. The third-order valence-corrected chi connectivity index (χ3v) is 6.48. The topological polar surface area (TPSA) is 47.3 Å². The molecule has 27 heavy (non-hydrogen) atoms. The van der Waals surface area contributed by atoms with Crippen molar-refractivity contribution in [3.05, 3.63) is 41.4 Å². The maximum absolute atomic E-state index is 13.6. The molecule has 2 atom stereocenters. The summed E-state index contributed by atoms with van der Waals surface area (Å²) in [4.78, 5) is 16.6. The summed E-state index contributed by atoms with van der Waals surface area (Å²) >= 11 is 3.39. The van der Waals surface area contributed by atoms with Crippen LogP contribution in [-0.4, -0.2) is 51.9 Å². The Balaban J connectivity index is 1.60. The average molecular weight is 410 g/mol. The third kappa shape index (κ3) is 4.96. The van der Waals surface area contributed by atoms with Crippen LogP contribution in [0.1, 0.15) is 18.9 Å². The van der Waals surface area contributed by atoms with E-state index in [0.29, 0.717) is 0 Å². The van der Waals surface area contributed by atoms with Gasteiger partial charge in [-0.25, -0.2) is 8.78 Å². The zero-order chi connectivity index (χ0) is 19.4. The minimum atomic E-state index is -2.98. The summed E-state index contributed by atoms with van der Waals surface area (Å²) in [6.07, 6.45) is 2.00. The van der Waals surface area contributed by atoms with Crippen LogP contribution in [0.5, 0.6) is 0 Å². The van der Waals surface area contributed by atoms with Gasteiger partial charge in [-0.1, -0.05) is 19.1 Å². The van der Waals surface area contributed by atoms with Gasteiger partial charge >= 0.3 is 0 Å². The Morgan fingerprint density at radius 2 is 2.15 bits per heavy atom. The molecule has 1 unspecified atom stereocenters. The second kappa shape index (κ2) is 8.53. The van der Waals surface area contributed by atoms with Crippen LogP contribution >= 0.6 is 23.5 Å². The molecule has 0 spiro atoms. The van der Waals surface area contributed by atoms with Crippen LogP contribution in [0.2, 0.25) is 0 Å². The van der Waals surface area contributed by atoms with Crippen molar-refractivity contribution >= 4 is 29.4 Å². The summed E-state index contributed by atoms with van der Waals surface area (Å²) < 4.78 is 27.2. The van der Waals surface area contributed by atoms with Crippen LogP contribution in [-0.2, 0) is 11.2 Å². The fraction of sp³-hybridized carbons (Fsp3) is 0.474. The van der Waals surface area contributed by atoms with Crippen LogP contribution in [0.4, 0.5) is 8.78 Å².